The van der Waals surface area contributed by atoms with Gasteiger partial charge < -0.3 is 30.7 Å². The summed E-state index contributed by atoms with van der Waals surface area (Å²) in [7, 11) is 0. The first-order valence-corrected chi connectivity index (χ1v) is 13.9. The second-order valence-corrected chi connectivity index (χ2v) is 11.6. The molecule has 2 heterocycles. The molecule has 41 heavy (non-hydrogen) atoms. The van der Waals surface area contributed by atoms with Crippen molar-refractivity contribution >= 4 is 17.5 Å². The van der Waals surface area contributed by atoms with E-state index in [0.29, 0.717) is 24.9 Å². The normalized spacial score (nSPS) is 25.9. The number of hydrogen-bond acceptors (Lipinski definition) is 7. The molecule has 3 aromatic rings. The number of carbonyl (C=O) groups excluding carboxylic acids is 1. The van der Waals surface area contributed by atoms with Crippen molar-refractivity contribution in [2.45, 2.75) is 55.8 Å². The van der Waals surface area contributed by atoms with Gasteiger partial charge >= 0.3 is 0 Å². The summed E-state index contributed by atoms with van der Waals surface area (Å²) in [6.07, 6.45) is 3.96. The number of pyridine rings is 1. The molecule has 1 amide bonds. The van der Waals surface area contributed by atoms with E-state index in [0.717, 1.165) is 30.2 Å². The molecule has 2 atom stereocenters. The fourth-order valence-corrected chi connectivity index (χ4v) is 6.76. The first kappa shape index (κ1) is 27.8. The van der Waals surface area contributed by atoms with E-state index in [1.54, 1.807) is 0 Å². The number of aliphatic hydroxyl groups is 2. The number of aliphatic hydroxyl groups excluding tert-OH is 1. The van der Waals surface area contributed by atoms with E-state index in [9.17, 15) is 9.90 Å². The molecule has 0 bridgehead atoms. The highest BCUT2D eigenvalue weighted by Gasteiger charge is 2.61. The minimum Gasteiger partial charge on any atom is -0.480 e. The Kier molecular flexibility index (Phi) is 6.93. The predicted molar refractivity (Wildman–Crippen MR) is 147 cm³/mol. The van der Waals surface area contributed by atoms with Crippen molar-refractivity contribution in [1.82, 2.24) is 10.3 Å². The summed E-state index contributed by atoms with van der Waals surface area (Å²) < 4.78 is 43.2. The van der Waals surface area contributed by atoms with E-state index in [1.165, 1.54) is 6.07 Å². The minimum absolute atomic E-state index is 0.0562. The molecule has 0 radical (unpaired) electrons. The van der Waals surface area contributed by atoms with Crippen LogP contribution >= 0.6 is 11.6 Å². The number of hydrogen-bond donors (Lipinski definition) is 4. The third kappa shape index (κ3) is 4.44. The lowest BCUT2D eigenvalue weighted by atomic mass is 9.61. The van der Waals surface area contributed by atoms with E-state index >= 15 is 8.78 Å². The van der Waals surface area contributed by atoms with Crippen LogP contribution < -0.4 is 20.5 Å². The summed E-state index contributed by atoms with van der Waals surface area (Å²) in [5, 5.41) is 22.7. The van der Waals surface area contributed by atoms with E-state index in [2.05, 4.69) is 10.3 Å². The van der Waals surface area contributed by atoms with Gasteiger partial charge in [0, 0.05) is 47.1 Å². The van der Waals surface area contributed by atoms with Crippen molar-refractivity contribution in [2.75, 3.05) is 19.8 Å². The number of nitrogens with two attached hydrogens (primary N) is 1. The highest BCUT2D eigenvalue weighted by molar-refractivity contribution is 6.34. The van der Waals surface area contributed by atoms with Gasteiger partial charge in [-0.25, -0.2) is 13.8 Å². The molecule has 2 aliphatic carbocycles. The largest absolute Gasteiger partial charge is 0.480 e. The van der Waals surface area contributed by atoms with Crippen LogP contribution in [0.15, 0.2) is 36.5 Å². The monoisotopic (exact) mass is 585 g/mol. The Morgan fingerprint density at radius 1 is 1.27 bits per heavy atom. The molecular formula is C30H30ClF2N3O5. The Labute approximate surface area is 240 Å². The second kappa shape index (κ2) is 10.2. The molecule has 1 saturated carbocycles. The maximum Gasteiger partial charge on any atom is 0.251 e. The van der Waals surface area contributed by atoms with Gasteiger partial charge in [0.1, 0.15) is 18.2 Å². The maximum atomic E-state index is 16.0. The average Bonchev–Trinajstić information content (AvgIpc) is 3.21. The second-order valence-electron chi connectivity index (χ2n) is 11.2. The first-order chi connectivity index (χ1) is 19.6. The molecule has 1 aliphatic heterocycles. The number of halogens is 3. The summed E-state index contributed by atoms with van der Waals surface area (Å²) in [5.74, 6) is -3.66. The summed E-state index contributed by atoms with van der Waals surface area (Å²) in [4.78, 5) is 16.3. The smallest absolute Gasteiger partial charge is 0.251 e. The number of carbonyl (C=O) groups is 1. The lowest BCUT2D eigenvalue weighted by Crippen LogP contribution is -2.54. The molecule has 3 aliphatic rings. The number of amides is 1. The molecule has 0 saturated heterocycles. The van der Waals surface area contributed by atoms with Gasteiger partial charge in [-0.1, -0.05) is 35.9 Å². The molecule has 8 nitrogen and oxygen atoms in total. The number of ether oxygens (including phenoxy) is 2. The SMILES string of the molecule is C[C@]1(O)CC[C@H](NC[C@]23Oc4cc(F)c(Cl)c(-c5c(C(N)=O)cnc(OCCO)c5F)c4[C@@H]2c2ccccc23)CC1. The third-order valence-corrected chi connectivity index (χ3v) is 8.92. The van der Waals surface area contributed by atoms with Crippen LogP contribution in [-0.2, 0) is 5.60 Å². The van der Waals surface area contributed by atoms with Crippen molar-refractivity contribution in [3.05, 3.63) is 75.4 Å². The molecule has 216 valence electrons. The Morgan fingerprint density at radius 3 is 2.71 bits per heavy atom. The Morgan fingerprint density at radius 2 is 2.00 bits per heavy atom. The van der Waals surface area contributed by atoms with Gasteiger partial charge in [-0.2, -0.15) is 0 Å². The van der Waals surface area contributed by atoms with Crippen LogP contribution in [0.3, 0.4) is 0 Å². The lowest BCUT2D eigenvalue weighted by Gasteiger charge is -2.47. The zero-order valence-corrected chi connectivity index (χ0v) is 23.1. The number of rotatable bonds is 8. The first-order valence-electron chi connectivity index (χ1n) is 13.6. The number of aromatic nitrogens is 1. The predicted octanol–water partition coefficient (Wildman–Crippen LogP) is 4.17. The van der Waals surface area contributed by atoms with Gasteiger partial charge in [0.25, 0.3) is 11.8 Å². The van der Waals surface area contributed by atoms with Crippen LogP contribution in [0.4, 0.5) is 8.78 Å². The van der Waals surface area contributed by atoms with Crippen molar-refractivity contribution in [3.63, 3.8) is 0 Å². The third-order valence-electron chi connectivity index (χ3n) is 8.55. The van der Waals surface area contributed by atoms with Gasteiger partial charge in [-0.05, 0) is 38.2 Å². The van der Waals surface area contributed by atoms with Gasteiger partial charge in [-0.15, -0.1) is 0 Å². The minimum atomic E-state index is -1.05. The number of primary amides is 1. The summed E-state index contributed by atoms with van der Waals surface area (Å²) in [5.41, 5.74) is 5.56. The standard InChI is InChI=1S/C30H30ClF2N3O5/c1-29(39)8-6-15(7-9-29)36-14-30-18-5-3-2-4-16(18)24(30)22-20(41-30)12-19(32)25(31)23(22)21-17(27(34)38)13-35-28(26(21)33)40-11-10-37/h2-5,12-13,15,24,36-37,39H,6-11,14H2,1H3,(H2,34,38)/t15-,24-,29-,30+/m0/s1. The van der Waals surface area contributed by atoms with Gasteiger partial charge in [0.05, 0.1) is 28.7 Å². The fourth-order valence-electron chi connectivity index (χ4n) is 6.51. The molecule has 0 spiro atoms. The number of nitrogens with one attached hydrogen (secondary N) is 1. The molecule has 1 fully saturated rings. The Balaban J connectivity index is 1.48. The Bertz CT molecular complexity index is 1540. The molecular weight excluding hydrogens is 556 g/mol. The fraction of sp³-hybridized carbons (Fsp3) is 0.400. The lowest BCUT2D eigenvalue weighted by molar-refractivity contribution is 0.00653. The maximum absolute atomic E-state index is 16.0. The molecule has 11 heteroatoms. The van der Waals surface area contributed by atoms with Crippen LogP contribution in [0, 0.1) is 11.6 Å². The molecule has 1 aromatic heterocycles. The zero-order valence-electron chi connectivity index (χ0n) is 22.3. The number of nitrogens with zero attached hydrogens (tertiary/aromatic N) is 1. The summed E-state index contributed by atoms with van der Waals surface area (Å²) in [6.45, 7) is 1.57. The summed E-state index contributed by atoms with van der Waals surface area (Å²) >= 11 is 6.56. The molecule has 6 rings (SSSR count). The quantitative estimate of drug-likeness (QED) is 0.312. The highest BCUT2D eigenvalue weighted by Crippen LogP contribution is 2.65. The van der Waals surface area contributed by atoms with Crippen LogP contribution in [0.25, 0.3) is 11.1 Å². The average molecular weight is 586 g/mol. The van der Waals surface area contributed by atoms with Crippen molar-refractivity contribution in [3.8, 4) is 22.8 Å². The van der Waals surface area contributed by atoms with Gasteiger partial charge in [0.15, 0.2) is 11.4 Å². The Hall–Kier alpha value is -3.31. The number of benzene rings is 2. The van der Waals surface area contributed by atoms with Crippen molar-refractivity contribution in [2.24, 2.45) is 5.73 Å². The van der Waals surface area contributed by atoms with Crippen molar-refractivity contribution < 1.29 is 33.3 Å². The van der Waals surface area contributed by atoms with Crippen LogP contribution in [0.5, 0.6) is 11.6 Å². The van der Waals surface area contributed by atoms with E-state index in [4.69, 9.17) is 31.9 Å². The number of fused-ring (bicyclic) bond motifs is 6. The molecule has 0 unspecified atom stereocenters. The van der Waals surface area contributed by atoms with Crippen molar-refractivity contribution in [1.29, 1.82) is 0 Å². The molecule has 5 N–H and O–H groups in total. The van der Waals surface area contributed by atoms with Crippen LogP contribution in [0.2, 0.25) is 5.02 Å². The van der Waals surface area contributed by atoms with Crippen LogP contribution in [0.1, 0.15) is 65.6 Å². The highest BCUT2D eigenvalue weighted by atomic mass is 35.5. The molecule has 2 aromatic carbocycles. The van der Waals surface area contributed by atoms with Gasteiger partial charge in [-0.3, -0.25) is 4.79 Å². The summed E-state index contributed by atoms with van der Waals surface area (Å²) in [6, 6.07) is 9.00. The zero-order chi connectivity index (χ0) is 29.1. The van der Waals surface area contributed by atoms with E-state index < -0.39 is 52.2 Å². The van der Waals surface area contributed by atoms with Crippen LogP contribution in [-0.4, -0.2) is 52.5 Å². The van der Waals surface area contributed by atoms with Gasteiger partial charge in [0.2, 0.25) is 0 Å². The van der Waals surface area contributed by atoms with E-state index in [-0.39, 0.29) is 35.1 Å². The topological polar surface area (TPSA) is 127 Å². The van der Waals surface area contributed by atoms with E-state index in [1.807, 2.05) is 31.2 Å².